The summed E-state index contributed by atoms with van der Waals surface area (Å²) in [6, 6.07) is 9.85. The summed E-state index contributed by atoms with van der Waals surface area (Å²) in [5.41, 5.74) is 1.10. The fourth-order valence-electron chi connectivity index (χ4n) is 0.599. The van der Waals surface area contributed by atoms with Crippen molar-refractivity contribution >= 4 is 33.6 Å². The molecular formula is C8H7BrClNO. The van der Waals surface area contributed by atoms with Gasteiger partial charge in [0.15, 0.2) is 0 Å². The highest BCUT2D eigenvalue weighted by atomic mass is 79.9. The Bertz CT molecular complexity index is 244. The van der Waals surface area contributed by atoms with Gasteiger partial charge in [-0.3, -0.25) is 0 Å². The summed E-state index contributed by atoms with van der Waals surface area (Å²) < 4.78 is -0.0568. The number of isocyanates is 1. The molecule has 0 amide bonds. The summed E-state index contributed by atoms with van der Waals surface area (Å²) >= 11 is 8.97. The number of nitrogens with one attached hydrogen (secondary N) is 1. The average Bonchev–Trinajstić information content (AvgIpc) is 2.07. The first-order valence-electron chi connectivity index (χ1n) is 3.09. The lowest BCUT2D eigenvalue weighted by Crippen LogP contribution is -1.76. The second-order valence-corrected chi connectivity index (χ2v) is 3.69. The minimum atomic E-state index is -0.0568. The van der Waals surface area contributed by atoms with Crippen LogP contribution in [0.1, 0.15) is 9.85 Å². The third kappa shape index (κ3) is 5.08. The zero-order valence-corrected chi connectivity index (χ0v) is 8.47. The van der Waals surface area contributed by atoms with E-state index in [1.807, 2.05) is 30.3 Å². The maximum Gasteiger partial charge on any atom is 0.231 e. The zero-order chi connectivity index (χ0) is 9.40. The maximum atomic E-state index is 8.35. The third-order valence-corrected chi connectivity index (χ3v) is 1.83. The number of hydrogen-bond donors (Lipinski definition) is 1. The topological polar surface area (TPSA) is 40.9 Å². The SMILES string of the molecule is ClC(Br)c1ccccc1.N=C=O. The van der Waals surface area contributed by atoms with Crippen LogP contribution >= 0.6 is 27.5 Å². The molecule has 1 N–H and O–H groups in total. The van der Waals surface area contributed by atoms with Crippen LogP contribution in [-0.2, 0) is 4.79 Å². The lowest BCUT2D eigenvalue weighted by atomic mass is 10.2. The smallest absolute Gasteiger partial charge is 0.222 e. The van der Waals surface area contributed by atoms with Gasteiger partial charge in [-0.1, -0.05) is 46.3 Å². The predicted molar refractivity (Wildman–Crippen MR) is 52.4 cm³/mol. The Labute approximate surface area is 84.2 Å². The minimum Gasteiger partial charge on any atom is -0.222 e. The van der Waals surface area contributed by atoms with Crippen LogP contribution in [0.3, 0.4) is 0 Å². The Hall–Kier alpha value is -0.630. The summed E-state index contributed by atoms with van der Waals surface area (Å²) in [6.45, 7) is 0. The molecule has 12 heavy (non-hydrogen) atoms. The van der Waals surface area contributed by atoms with Gasteiger partial charge < -0.3 is 0 Å². The summed E-state index contributed by atoms with van der Waals surface area (Å²) in [5, 5.41) is 5.40. The minimum absolute atomic E-state index is 0.0568. The van der Waals surface area contributed by atoms with Gasteiger partial charge in [0.2, 0.25) is 6.08 Å². The molecule has 0 saturated carbocycles. The molecule has 0 radical (unpaired) electrons. The predicted octanol–water partition coefficient (Wildman–Crippen LogP) is 3.22. The van der Waals surface area contributed by atoms with E-state index in [1.165, 1.54) is 0 Å². The van der Waals surface area contributed by atoms with Crippen LogP contribution in [0.25, 0.3) is 0 Å². The van der Waals surface area contributed by atoms with Crippen molar-refractivity contribution in [3.05, 3.63) is 35.9 Å². The van der Waals surface area contributed by atoms with Crippen molar-refractivity contribution in [1.82, 2.24) is 0 Å². The first kappa shape index (κ1) is 11.4. The summed E-state index contributed by atoms with van der Waals surface area (Å²) in [4.78, 5) is 8.35. The Morgan fingerprint density at radius 2 is 1.83 bits per heavy atom. The van der Waals surface area contributed by atoms with Gasteiger partial charge in [-0.15, -0.1) is 11.6 Å². The van der Waals surface area contributed by atoms with E-state index in [0.717, 1.165) is 11.6 Å². The number of alkyl halides is 2. The van der Waals surface area contributed by atoms with Crippen LogP contribution < -0.4 is 0 Å². The highest BCUT2D eigenvalue weighted by molar-refractivity contribution is 9.09. The van der Waals surface area contributed by atoms with Gasteiger partial charge >= 0.3 is 0 Å². The van der Waals surface area contributed by atoms with Crippen LogP contribution in [0.4, 0.5) is 0 Å². The van der Waals surface area contributed by atoms with Crippen molar-refractivity contribution in [2.24, 2.45) is 0 Å². The molecule has 0 aliphatic rings. The van der Waals surface area contributed by atoms with Gasteiger partial charge in [0.1, 0.15) is 4.29 Å². The van der Waals surface area contributed by atoms with Crippen LogP contribution in [0.15, 0.2) is 30.3 Å². The van der Waals surface area contributed by atoms with E-state index >= 15 is 0 Å². The summed E-state index contributed by atoms with van der Waals surface area (Å²) in [7, 11) is 0. The van der Waals surface area contributed by atoms with Gasteiger partial charge in [0, 0.05) is 0 Å². The second-order valence-electron chi connectivity index (χ2n) is 1.81. The Morgan fingerprint density at radius 1 is 1.42 bits per heavy atom. The highest BCUT2D eigenvalue weighted by Gasteiger charge is 1.98. The molecule has 0 saturated heterocycles. The molecule has 1 aromatic carbocycles. The van der Waals surface area contributed by atoms with E-state index in [1.54, 1.807) is 0 Å². The van der Waals surface area contributed by atoms with E-state index in [-0.39, 0.29) is 4.29 Å². The Balaban J connectivity index is 0.000000354. The molecule has 4 heteroatoms. The third-order valence-electron chi connectivity index (χ3n) is 1.05. The number of rotatable bonds is 1. The number of hydrogen-bond acceptors (Lipinski definition) is 2. The van der Waals surface area contributed by atoms with Gasteiger partial charge in [-0.25, -0.2) is 10.2 Å². The van der Waals surface area contributed by atoms with E-state index in [0.29, 0.717) is 0 Å². The molecule has 1 atom stereocenters. The lowest BCUT2D eigenvalue weighted by Gasteiger charge is -1.97. The summed E-state index contributed by atoms with van der Waals surface area (Å²) in [6.07, 6.45) is 0.750. The molecular weight excluding hydrogens is 241 g/mol. The molecule has 0 spiro atoms. The standard InChI is InChI=1S/C7H6BrCl.CHNO/c8-7(9)6-4-2-1-3-5-6;2-1-3/h1-5,7H;2H. The molecule has 0 aliphatic heterocycles. The van der Waals surface area contributed by atoms with Gasteiger partial charge in [-0.05, 0) is 5.56 Å². The van der Waals surface area contributed by atoms with E-state index in [9.17, 15) is 0 Å². The van der Waals surface area contributed by atoms with E-state index in [2.05, 4.69) is 15.9 Å². The quantitative estimate of drug-likeness (QED) is 0.463. The molecule has 0 heterocycles. The van der Waals surface area contributed by atoms with Crippen LogP contribution in [-0.4, -0.2) is 6.08 Å². The fraction of sp³-hybridized carbons (Fsp3) is 0.125. The van der Waals surface area contributed by atoms with Crippen molar-refractivity contribution < 1.29 is 4.79 Å². The second kappa shape index (κ2) is 7.04. The average molecular weight is 249 g/mol. The van der Waals surface area contributed by atoms with Crippen molar-refractivity contribution in [1.29, 1.82) is 5.41 Å². The van der Waals surface area contributed by atoms with Crippen LogP contribution in [0.5, 0.6) is 0 Å². The lowest BCUT2D eigenvalue weighted by molar-refractivity contribution is 0.563. The molecule has 64 valence electrons. The van der Waals surface area contributed by atoms with Crippen molar-refractivity contribution in [3.63, 3.8) is 0 Å². The normalized spacial score (nSPS) is 10.5. The van der Waals surface area contributed by atoms with Crippen LogP contribution in [0.2, 0.25) is 0 Å². The molecule has 0 aromatic heterocycles. The van der Waals surface area contributed by atoms with Gasteiger partial charge in [0.05, 0.1) is 0 Å². The molecule has 0 aliphatic carbocycles. The number of benzene rings is 1. The van der Waals surface area contributed by atoms with Crippen molar-refractivity contribution in [2.45, 2.75) is 4.29 Å². The molecule has 1 rings (SSSR count). The monoisotopic (exact) mass is 247 g/mol. The zero-order valence-electron chi connectivity index (χ0n) is 6.13. The fourth-order valence-corrected chi connectivity index (χ4v) is 1.05. The van der Waals surface area contributed by atoms with E-state index in [4.69, 9.17) is 21.8 Å². The molecule has 2 nitrogen and oxygen atoms in total. The Kier molecular flexibility index (Phi) is 6.67. The first-order chi connectivity index (χ1) is 5.72. The summed E-state index contributed by atoms with van der Waals surface area (Å²) in [5.74, 6) is 0. The molecule has 1 aromatic rings. The van der Waals surface area contributed by atoms with Crippen molar-refractivity contribution in [2.75, 3.05) is 0 Å². The van der Waals surface area contributed by atoms with Gasteiger partial charge in [0.25, 0.3) is 0 Å². The Morgan fingerprint density at radius 3 is 2.08 bits per heavy atom. The largest absolute Gasteiger partial charge is 0.231 e. The van der Waals surface area contributed by atoms with Crippen molar-refractivity contribution in [3.8, 4) is 0 Å². The number of carbonyl (C=O) groups excluding carboxylic acids is 1. The maximum absolute atomic E-state index is 8.35. The van der Waals surface area contributed by atoms with E-state index < -0.39 is 0 Å². The first-order valence-corrected chi connectivity index (χ1v) is 4.44. The highest BCUT2D eigenvalue weighted by Crippen LogP contribution is 2.25. The molecule has 0 bridgehead atoms. The van der Waals surface area contributed by atoms with Crippen LogP contribution in [0, 0.1) is 5.41 Å². The molecule has 0 fully saturated rings. The van der Waals surface area contributed by atoms with Gasteiger partial charge in [-0.2, -0.15) is 0 Å². The molecule has 1 unspecified atom stereocenters. The number of halogens is 2.